The molecule has 2 aromatic carbocycles. The quantitative estimate of drug-likeness (QED) is 0.353. The number of thioether (sulfide) groups is 1. The Hall–Kier alpha value is -2.64. The number of imidazole rings is 1. The number of rotatable bonds is 7. The molecule has 152 valence electrons. The van der Waals surface area contributed by atoms with Crippen LogP contribution in [0.25, 0.3) is 5.65 Å². The molecule has 4 rings (SSSR count). The van der Waals surface area contributed by atoms with Gasteiger partial charge in [-0.3, -0.25) is 9.20 Å². The monoisotopic (exact) mass is 483 g/mol. The average Bonchev–Trinajstić information content (AvgIpc) is 3.09. The summed E-state index contributed by atoms with van der Waals surface area (Å²) in [4.78, 5) is 18.2. The third-order valence-corrected chi connectivity index (χ3v) is 6.60. The first-order valence-corrected chi connectivity index (χ1v) is 11.3. The number of pyridine rings is 1. The average molecular weight is 484 g/mol. The Labute approximate surface area is 186 Å². The fourth-order valence-corrected chi connectivity index (χ4v) is 4.84. The first kappa shape index (κ1) is 20.6. The lowest BCUT2D eigenvalue weighted by molar-refractivity contribution is 0.0951. The number of nitrogens with one attached hydrogen (secondary N) is 1. The van der Waals surface area contributed by atoms with Crippen molar-refractivity contribution in [3.63, 3.8) is 0 Å². The van der Waals surface area contributed by atoms with Crippen molar-refractivity contribution in [2.45, 2.75) is 17.1 Å². The first-order chi connectivity index (χ1) is 14.6. The van der Waals surface area contributed by atoms with Crippen molar-refractivity contribution in [2.75, 3.05) is 6.54 Å². The smallest absolute Gasteiger partial charge is 0.252 e. The molecule has 0 spiro atoms. The van der Waals surface area contributed by atoms with Gasteiger partial charge in [0.15, 0.2) is 0 Å². The van der Waals surface area contributed by atoms with E-state index in [4.69, 9.17) is 0 Å². The van der Waals surface area contributed by atoms with Gasteiger partial charge in [0.25, 0.3) is 5.91 Å². The Morgan fingerprint density at radius 3 is 2.67 bits per heavy atom. The number of halogens is 2. The van der Waals surface area contributed by atoms with Crippen LogP contribution in [0.4, 0.5) is 4.39 Å². The van der Waals surface area contributed by atoms with Crippen LogP contribution < -0.4 is 5.32 Å². The molecule has 0 aliphatic carbocycles. The van der Waals surface area contributed by atoms with E-state index in [-0.39, 0.29) is 11.7 Å². The Kier molecular flexibility index (Phi) is 6.50. The number of fused-ring (bicyclic) bond motifs is 1. The summed E-state index contributed by atoms with van der Waals surface area (Å²) in [7, 11) is 0. The van der Waals surface area contributed by atoms with Gasteiger partial charge in [-0.25, -0.2) is 9.37 Å². The van der Waals surface area contributed by atoms with Gasteiger partial charge >= 0.3 is 0 Å². The van der Waals surface area contributed by atoms with Crippen LogP contribution in [-0.2, 0) is 12.2 Å². The molecule has 2 aromatic heterocycles. The zero-order chi connectivity index (χ0) is 20.9. The largest absolute Gasteiger partial charge is 0.352 e. The van der Waals surface area contributed by atoms with Crippen LogP contribution in [0.5, 0.6) is 0 Å². The zero-order valence-corrected chi connectivity index (χ0v) is 18.4. The molecule has 0 aliphatic heterocycles. The molecular formula is C23H19BrFN3OS. The van der Waals surface area contributed by atoms with E-state index in [9.17, 15) is 9.18 Å². The fraction of sp³-hybridized carbons (Fsp3) is 0.130. The van der Waals surface area contributed by atoms with Crippen molar-refractivity contribution in [1.82, 2.24) is 14.7 Å². The minimum Gasteiger partial charge on any atom is -0.352 e. The normalized spacial score (nSPS) is 11.0. The maximum absolute atomic E-state index is 13.7. The number of hydrogen-bond acceptors (Lipinski definition) is 3. The number of benzene rings is 2. The van der Waals surface area contributed by atoms with Gasteiger partial charge in [-0.05, 0) is 58.2 Å². The van der Waals surface area contributed by atoms with Crippen LogP contribution in [0.1, 0.15) is 21.6 Å². The zero-order valence-electron chi connectivity index (χ0n) is 16.0. The number of carbonyl (C=O) groups excluding carboxylic acids is 1. The summed E-state index contributed by atoms with van der Waals surface area (Å²) in [6.07, 6.45) is 2.40. The Bertz CT molecular complexity index is 1190. The molecule has 1 amide bonds. The van der Waals surface area contributed by atoms with Crippen molar-refractivity contribution in [3.8, 4) is 0 Å². The molecule has 0 saturated carbocycles. The van der Waals surface area contributed by atoms with Crippen LogP contribution >= 0.6 is 27.7 Å². The molecule has 0 bridgehead atoms. The second-order valence-electron chi connectivity index (χ2n) is 6.66. The predicted molar refractivity (Wildman–Crippen MR) is 121 cm³/mol. The van der Waals surface area contributed by atoms with Gasteiger partial charge < -0.3 is 5.32 Å². The van der Waals surface area contributed by atoms with E-state index < -0.39 is 0 Å². The standard InChI is InChI=1S/C23H19BrFN3OS/c24-22-19(27-21-11-5-6-14-28(21)22)15-30-20-10-4-2-8-17(20)23(29)26-13-12-16-7-1-3-9-18(16)25/h1-11,14H,12-13,15H2,(H,26,29). The molecule has 0 unspecified atom stereocenters. The molecule has 0 saturated heterocycles. The lowest BCUT2D eigenvalue weighted by Crippen LogP contribution is -2.26. The Morgan fingerprint density at radius 1 is 1.07 bits per heavy atom. The Morgan fingerprint density at radius 2 is 1.83 bits per heavy atom. The van der Waals surface area contributed by atoms with Crippen LogP contribution in [-0.4, -0.2) is 21.8 Å². The highest BCUT2D eigenvalue weighted by atomic mass is 79.9. The summed E-state index contributed by atoms with van der Waals surface area (Å²) < 4.78 is 16.6. The van der Waals surface area contributed by atoms with Crippen molar-refractivity contribution in [1.29, 1.82) is 0 Å². The maximum atomic E-state index is 13.7. The molecule has 7 heteroatoms. The molecule has 0 atom stereocenters. The van der Waals surface area contributed by atoms with Gasteiger partial charge in [-0.1, -0.05) is 36.4 Å². The minimum absolute atomic E-state index is 0.163. The van der Waals surface area contributed by atoms with Gasteiger partial charge in [0.2, 0.25) is 0 Å². The molecule has 4 nitrogen and oxygen atoms in total. The molecular weight excluding hydrogens is 465 g/mol. The van der Waals surface area contributed by atoms with Crippen LogP contribution in [0.15, 0.2) is 82.4 Å². The molecule has 1 N–H and O–H groups in total. The van der Waals surface area contributed by atoms with Crippen LogP contribution in [0.2, 0.25) is 0 Å². The molecule has 2 heterocycles. The van der Waals surface area contributed by atoms with Gasteiger partial charge in [-0.2, -0.15) is 0 Å². The lowest BCUT2D eigenvalue weighted by Gasteiger charge is -2.10. The third kappa shape index (κ3) is 4.57. The summed E-state index contributed by atoms with van der Waals surface area (Å²) in [5, 5.41) is 2.90. The third-order valence-electron chi connectivity index (χ3n) is 4.67. The summed E-state index contributed by atoms with van der Waals surface area (Å²) in [5.74, 6) is 0.214. The maximum Gasteiger partial charge on any atom is 0.252 e. The van der Waals surface area contributed by atoms with Gasteiger partial charge in [0.05, 0.1) is 11.3 Å². The van der Waals surface area contributed by atoms with Crippen molar-refractivity contribution >= 4 is 39.2 Å². The van der Waals surface area contributed by atoms with Gasteiger partial charge in [-0.15, -0.1) is 11.8 Å². The number of hydrogen-bond donors (Lipinski definition) is 1. The summed E-state index contributed by atoms with van der Waals surface area (Å²) >= 11 is 5.18. The number of nitrogens with zero attached hydrogens (tertiary/aromatic N) is 2. The lowest BCUT2D eigenvalue weighted by atomic mass is 10.1. The highest BCUT2D eigenvalue weighted by Crippen LogP contribution is 2.29. The molecule has 0 aliphatic rings. The fourth-order valence-electron chi connectivity index (χ4n) is 3.14. The molecule has 0 radical (unpaired) electrons. The highest BCUT2D eigenvalue weighted by molar-refractivity contribution is 9.10. The second-order valence-corrected chi connectivity index (χ2v) is 8.43. The summed E-state index contributed by atoms with van der Waals surface area (Å²) in [6, 6.07) is 20.0. The number of amides is 1. The first-order valence-electron chi connectivity index (χ1n) is 9.48. The van der Waals surface area contributed by atoms with Crippen molar-refractivity contribution < 1.29 is 9.18 Å². The topological polar surface area (TPSA) is 46.4 Å². The van der Waals surface area contributed by atoms with E-state index in [0.717, 1.165) is 20.8 Å². The van der Waals surface area contributed by atoms with Gasteiger partial charge in [0, 0.05) is 23.4 Å². The summed E-state index contributed by atoms with van der Waals surface area (Å²) in [5.41, 5.74) is 2.99. The van der Waals surface area contributed by atoms with Crippen molar-refractivity contribution in [2.24, 2.45) is 0 Å². The van der Waals surface area contributed by atoms with E-state index >= 15 is 0 Å². The minimum atomic E-state index is -0.249. The van der Waals surface area contributed by atoms with E-state index in [2.05, 4.69) is 26.2 Å². The van der Waals surface area contributed by atoms with Crippen molar-refractivity contribution in [3.05, 3.63) is 100 Å². The molecule has 4 aromatic rings. The molecule has 0 fully saturated rings. The number of carbonyl (C=O) groups is 1. The van der Waals surface area contributed by atoms with Gasteiger partial charge in [0.1, 0.15) is 16.1 Å². The van der Waals surface area contributed by atoms with E-state index in [1.807, 2.05) is 47.0 Å². The number of aromatic nitrogens is 2. The predicted octanol–water partition coefficient (Wildman–Crippen LogP) is 5.50. The van der Waals surface area contributed by atoms with Crippen LogP contribution in [0.3, 0.4) is 0 Å². The SMILES string of the molecule is O=C(NCCc1ccccc1F)c1ccccc1SCc1nc2ccccn2c1Br. The highest BCUT2D eigenvalue weighted by Gasteiger charge is 2.14. The second kappa shape index (κ2) is 9.45. The Balaban J connectivity index is 1.42. The molecule has 30 heavy (non-hydrogen) atoms. The summed E-state index contributed by atoms with van der Waals surface area (Å²) in [6.45, 7) is 0.372. The van der Waals surface area contributed by atoms with E-state index in [0.29, 0.717) is 29.8 Å². The van der Waals surface area contributed by atoms with E-state index in [1.54, 1.807) is 36.0 Å². The van der Waals surface area contributed by atoms with Crippen LogP contribution in [0, 0.1) is 5.82 Å². The van der Waals surface area contributed by atoms with E-state index in [1.165, 1.54) is 6.07 Å².